The van der Waals surface area contributed by atoms with Crippen molar-refractivity contribution in [3.8, 4) is 0 Å². The van der Waals surface area contributed by atoms with Crippen molar-refractivity contribution < 1.29 is 23.1 Å². The molecular formula is C41H72O5Si2. The number of fused-ring (bicyclic) bond motifs is 1. The van der Waals surface area contributed by atoms with Gasteiger partial charge in [0.2, 0.25) is 0 Å². The van der Waals surface area contributed by atoms with Gasteiger partial charge < -0.3 is 18.3 Å². The predicted molar refractivity (Wildman–Crippen MR) is 207 cm³/mol. The highest BCUT2D eigenvalue weighted by atomic mass is 28.4. The Kier molecular flexibility index (Phi) is 12.7. The van der Waals surface area contributed by atoms with Crippen LogP contribution in [0, 0.1) is 11.3 Å². The van der Waals surface area contributed by atoms with Crippen molar-refractivity contribution in [2.75, 3.05) is 6.61 Å². The molecule has 0 heterocycles. The van der Waals surface area contributed by atoms with Crippen LogP contribution in [-0.4, -0.2) is 46.7 Å². The van der Waals surface area contributed by atoms with Gasteiger partial charge in [-0.25, -0.2) is 4.79 Å². The zero-order valence-electron chi connectivity index (χ0n) is 33.7. The van der Waals surface area contributed by atoms with Gasteiger partial charge in [-0.1, -0.05) is 105 Å². The van der Waals surface area contributed by atoms with Crippen molar-refractivity contribution in [3.05, 3.63) is 47.1 Å². The van der Waals surface area contributed by atoms with Crippen LogP contribution >= 0.6 is 0 Å². The van der Waals surface area contributed by atoms with Gasteiger partial charge in [0.05, 0.1) is 6.10 Å². The second-order valence-corrected chi connectivity index (χ2v) is 28.0. The number of rotatable bonds is 12. The minimum atomic E-state index is -2.37. The van der Waals surface area contributed by atoms with E-state index in [9.17, 15) is 4.79 Å². The number of hydrogen-bond acceptors (Lipinski definition) is 5. The zero-order chi connectivity index (χ0) is 36.6. The molecule has 0 saturated heterocycles. The third-order valence-electron chi connectivity index (χ3n) is 13.1. The van der Waals surface area contributed by atoms with Crippen molar-refractivity contribution in [1.29, 1.82) is 0 Å². The smallest absolute Gasteiger partial charge is 0.332 e. The third-order valence-corrected chi connectivity index (χ3v) is 22.1. The van der Waals surface area contributed by atoms with Crippen LogP contribution in [0.3, 0.4) is 0 Å². The summed E-state index contributed by atoms with van der Waals surface area (Å²) in [6, 6.07) is 0. The molecule has 4 atom stereocenters. The SMILES string of the molecule is C=C1C(=CC=C2CCC[C@]3(C)C(CC)=CC[C@@H]23)C[C@@](OCC(=O)OC(C)(CC)CC)(O[Si](C)(C)C(C)(C)C)CC1O[Si](C)(C)C(C)(C)C. The maximum atomic E-state index is 13.4. The highest BCUT2D eigenvalue weighted by molar-refractivity contribution is 6.74. The van der Waals surface area contributed by atoms with Crippen LogP contribution in [0.15, 0.2) is 47.1 Å². The fourth-order valence-electron chi connectivity index (χ4n) is 7.29. The summed E-state index contributed by atoms with van der Waals surface area (Å²) in [6.45, 7) is 38.1. The van der Waals surface area contributed by atoms with Crippen LogP contribution in [0.2, 0.25) is 36.3 Å². The van der Waals surface area contributed by atoms with E-state index in [0.29, 0.717) is 18.8 Å². The lowest BCUT2D eigenvalue weighted by molar-refractivity contribution is -0.219. The first-order chi connectivity index (χ1) is 21.9. The molecule has 7 heteroatoms. The van der Waals surface area contributed by atoms with Gasteiger partial charge in [0.1, 0.15) is 12.2 Å². The van der Waals surface area contributed by atoms with E-state index >= 15 is 0 Å². The summed E-state index contributed by atoms with van der Waals surface area (Å²) in [5.74, 6) is -0.832. The molecule has 0 aliphatic heterocycles. The van der Waals surface area contributed by atoms with Crippen molar-refractivity contribution >= 4 is 22.6 Å². The highest BCUT2D eigenvalue weighted by Gasteiger charge is 2.52. The summed E-state index contributed by atoms with van der Waals surface area (Å²) in [6.07, 6.45) is 15.3. The molecule has 0 aromatic rings. The number of hydrogen-bond donors (Lipinski definition) is 0. The first-order valence-corrected chi connectivity index (χ1v) is 24.7. The molecule has 3 aliphatic carbocycles. The average molecular weight is 701 g/mol. The minimum absolute atomic E-state index is 0.0218. The van der Waals surface area contributed by atoms with Crippen molar-refractivity contribution in [2.24, 2.45) is 11.3 Å². The summed E-state index contributed by atoms with van der Waals surface area (Å²) in [4.78, 5) is 13.4. The molecule has 0 N–H and O–H groups in total. The second-order valence-electron chi connectivity index (χ2n) is 18.5. The lowest BCUT2D eigenvalue weighted by atomic mass is 9.64. The van der Waals surface area contributed by atoms with E-state index in [4.69, 9.17) is 18.3 Å². The lowest BCUT2D eigenvalue weighted by Crippen LogP contribution is -2.56. The molecule has 3 rings (SSSR count). The summed E-state index contributed by atoms with van der Waals surface area (Å²) in [5, 5.41) is -0.0318. The molecular weight excluding hydrogens is 629 g/mol. The topological polar surface area (TPSA) is 54.0 Å². The summed E-state index contributed by atoms with van der Waals surface area (Å²) in [5.41, 5.74) is 5.03. The normalized spacial score (nSPS) is 29.3. The molecule has 274 valence electrons. The lowest BCUT2D eigenvalue weighted by Gasteiger charge is -2.51. The Balaban J connectivity index is 2.11. The van der Waals surface area contributed by atoms with Crippen LogP contribution in [0.25, 0.3) is 0 Å². The van der Waals surface area contributed by atoms with Crippen LogP contribution in [-0.2, 0) is 23.1 Å². The van der Waals surface area contributed by atoms with Crippen LogP contribution in [0.1, 0.15) is 134 Å². The summed E-state index contributed by atoms with van der Waals surface area (Å²) in [7, 11) is -4.57. The van der Waals surface area contributed by atoms with E-state index in [1.54, 1.807) is 5.57 Å². The molecule has 2 fully saturated rings. The second kappa shape index (κ2) is 14.8. The Morgan fingerprint density at radius 2 is 1.58 bits per heavy atom. The van der Waals surface area contributed by atoms with Crippen molar-refractivity contribution in [2.45, 2.75) is 188 Å². The molecule has 0 spiro atoms. The molecule has 0 bridgehead atoms. The maximum Gasteiger partial charge on any atom is 0.332 e. The van der Waals surface area contributed by atoms with Gasteiger partial charge in [0.15, 0.2) is 22.4 Å². The van der Waals surface area contributed by atoms with Crippen LogP contribution < -0.4 is 0 Å². The van der Waals surface area contributed by atoms with Gasteiger partial charge in [-0.15, -0.1) is 0 Å². The monoisotopic (exact) mass is 700 g/mol. The molecule has 0 aromatic carbocycles. The molecule has 0 aromatic heterocycles. The average Bonchev–Trinajstić information content (AvgIpc) is 3.32. The van der Waals surface area contributed by atoms with E-state index in [1.165, 1.54) is 18.4 Å². The molecule has 3 aliphatic rings. The molecule has 48 heavy (non-hydrogen) atoms. The standard InChI is InChI=1S/C41H72O5Si2/c1-17-33-24-25-34-31(21-20-26-40(33,34)12)22-23-32-27-41(46-48(15,16)38(8,9)10,43-29-36(42)44-39(11,18-2)19-3)28-35(30(32)4)45-47(13,14)37(5,6)7/h22-24,34-35H,4,17-21,25-29H2,1-3,5-16H3/t34-,35?,40+,41+/m0/s1. The van der Waals surface area contributed by atoms with E-state index in [0.717, 1.165) is 43.3 Å². The van der Waals surface area contributed by atoms with Crippen LogP contribution in [0.4, 0.5) is 0 Å². The maximum absolute atomic E-state index is 13.4. The quantitative estimate of drug-likeness (QED) is 0.0878. The van der Waals surface area contributed by atoms with E-state index in [1.807, 2.05) is 6.92 Å². The van der Waals surface area contributed by atoms with Gasteiger partial charge in [-0.3, -0.25) is 0 Å². The van der Waals surface area contributed by atoms with Gasteiger partial charge in [-0.2, -0.15) is 0 Å². The largest absolute Gasteiger partial charge is 0.458 e. The van der Waals surface area contributed by atoms with Crippen molar-refractivity contribution in [1.82, 2.24) is 0 Å². The number of allylic oxidation sites excluding steroid dienone is 5. The van der Waals surface area contributed by atoms with Gasteiger partial charge in [0.25, 0.3) is 0 Å². The number of carbonyl (C=O) groups is 1. The molecule has 0 radical (unpaired) electrons. The Morgan fingerprint density at radius 3 is 2.12 bits per heavy atom. The van der Waals surface area contributed by atoms with E-state index < -0.39 is 28.0 Å². The summed E-state index contributed by atoms with van der Waals surface area (Å²) >= 11 is 0. The fraction of sp³-hybridized carbons (Fsp3) is 0.780. The third kappa shape index (κ3) is 8.96. The molecule has 0 amide bonds. The zero-order valence-corrected chi connectivity index (χ0v) is 35.7. The Bertz CT molecular complexity index is 1270. The van der Waals surface area contributed by atoms with Gasteiger partial charge >= 0.3 is 5.97 Å². The molecule has 1 unspecified atom stereocenters. The number of esters is 1. The highest BCUT2D eigenvalue weighted by Crippen LogP contribution is 2.56. The van der Waals surface area contributed by atoms with Crippen molar-refractivity contribution in [3.63, 3.8) is 0 Å². The van der Waals surface area contributed by atoms with E-state index in [2.05, 4.69) is 120 Å². The van der Waals surface area contributed by atoms with Crippen LogP contribution in [0.5, 0.6) is 0 Å². The van der Waals surface area contributed by atoms with E-state index in [-0.39, 0.29) is 34.2 Å². The Hall–Kier alpha value is -1.26. The Morgan fingerprint density at radius 1 is 0.979 bits per heavy atom. The fourth-order valence-corrected chi connectivity index (χ4v) is 10.0. The first kappa shape index (κ1) is 41.2. The first-order valence-electron chi connectivity index (χ1n) is 18.9. The van der Waals surface area contributed by atoms with Gasteiger partial charge in [-0.05, 0) is 111 Å². The molecule has 2 saturated carbocycles. The molecule has 5 nitrogen and oxygen atoms in total. The Labute approximate surface area is 297 Å². The number of carbonyl (C=O) groups excluding carboxylic acids is 1. The summed E-state index contributed by atoms with van der Waals surface area (Å²) < 4.78 is 27.3. The number of ether oxygens (including phenoxy) is 2. The predicted octanol–water partition coefficient (Wildman–Crippen LogP) is 12.0. The minimum Gasteiger partial charge on any atom is -0.458 e. The van der Waals surface area contributed by atoms with Gasteiger partial charge in [0, 0.05) is 12.8 Å².